The molecular weight excluding hydrogens is 380 g/mol. The lowest BCUT2D eigenvalue weighted by Gasteiger charge is -2.60. The normalized spacial score (nSPS) is 43.6. The van der Waals surface area contributed by atoms with Crippen molar-refractivity contribution < 1.29 is 23.9 Å². The van der Waals surface area contributed by atoms with E-state index in [1.807, 2.05) is 13.0 Å². The number of ether oxygens (including phenoxy) is 2. The predicted octanol–water partition coefficient (Wildman–Crippen LogP) is 4.63. The maximum Gasteiger partial charge on any atom is 0.302 e. The molecule has 0 aliphatic heterocycles. The first kappa shape index (κ1) is 21.6. The van der Waals surface area contributed by atoms with Crippen molar-refractivity contribution in [3.63, 3.8) is 0 Å². The summed E-state index contributed by atoms with van der Waals surface area (Å²) in [4.78, 5) is 35.8. The van der Waals surface area contributed by atoms with Gasteiger partial charge in [0.25, 0.3) is 0 Å². The van der Waals surface area contributed by atoms with Gasteiger partial charge in [-0.3, -0.25) is 14.4 Å². The average molecular weight is 417 g/mol. The van der Waals surface area contributed by atoms with Crippen LogP contribution < -0.4 is 0 Å². The number of carbonyl (C=O) groups is 3. The Balaban J connectivity index is 1.71. The topological polar surface area (TPSA) is 69.7 Å². The first-order chi connectivity index (χ1) is 14.1. The molecule has 0 heterocycles. The molecular formula is C25H36O5. The highest BCUT2D eigenvalue weighted by atomic mass is 16.5. The third-order valence-corrected chi connectivity index (χ3v) is 9.18. The molecule has 2 unspecified atom stereocenters. The predicted molar refractivity (Wildman–Crippen MR) is 112 cm³/mol. The fraction of sp³-hybridized carbons (Fsp3) is 0.800. The largest absolute Gasteiger partial charge is 0.463 e. The van der Waals surface area contributed by atoms with Crippen LogP contribution >= 0.6 is 0 Å². The minimum absolute atomic E-state index is 0.0157. The van der Waals surface area contributed by atoms with Crippen LogP contribution in [0, 0.1) is 34.5 Å². The minimum atomic E-state index is -0.230. The Morgan fingerprint density at radius 3 is 2.50 bits per heavy atom. The monoisotopic (exact) mass is 416 g/mol. The zero-order chi connectivity index (χ0) is 21.8. The van der Waals surface area contributed by atoms with Crippen LogP contribution in [0.15, 0.2) is 11.6 Å². The number of esters is 2. The average Bonchev–Trinajstić information content (AvgIpc) is 2.97. The third-order valence-electron chi connectivity index (χ3n) is 9.18. The van der Waals surface area contributed by atoms with Gasteiger partial charge in [0, 0.05) is 32.1 Å². The van der Waals surface area contributed by atoms with Crippen LogP contribution in [0.25, 0.3) is 0 Å². The standard InChI is InChI=1S/C25H36O5/c1-14(29-15(2)26)20-8-9-21-19-7-6-17-12-18(28)10-11-24(17,4)23(19)22(30-16(3)27)13-25(20,21)5/h12,14,19-23H,6-11,13H2,1-5H3/t14?,19-,20+,21-,22?,23+,24-,25+/m0/s1. The molecule has 0 radical (unpaired) electrons. The Morgan fingerprint density at radius 2 is 1.83 bits per heavy atom. The van der Waals surface area contributed by atoms with Crippen LogP contribution in [0.3, 0.4) is 0 Å². The van der Waals surface area contributed by atoms with Gasteiger partial charge in [0.05, 0.1) is 0 Å². The maximum atomic E-state index is 12.1. The van der Waals surface area contributed by atoms with E-state index in [1.54, 1.807) is 0 Å². The molecule has 0 spiro atoms. The van der Waals surface area contributed by atoms with E-state index in [-0.39, 0.29) is 52.6 Å². The van der Waals surface area contributed by atoms with Crippen LogP contribution in [0.4, 0.5) is 0 Å². The van der Waals surface area contributed by atoms with E-state index in [4.69, 9.17) is 9.47 Å². The van der Waals surface area contributed by atoms with Gasteiger partial charge in [0.15, 0.2) is 5.78 Å². The van der Waals surface area contributed by atoms with Crippen LogP contribution in [-0.2, 0) is 23.9 Å². The van der Waals surface area contributed by atoms with Gasteiger partial charge in [0.2, 0.25) is 0 Å². The summed E-state index contributed by atoms with van der Waals surface area (Å²) in [6, 6.07) is 0. The van der Waals surface area contributed by atoms with Crippen molar-refractivity contribution in [3.05, 3.63) is 11.6 Å². The first-order valence-corrected chi connectivity index (χ1v) is 11.6. The fourth-order valence-corrected chi connectivity index (χ4v) is 8.13. The van der Waals surface area contributed by atoms with Crippen LogP contribution in [-0.4, -0.2) is 29.9 Å². The molecule has 4 rings (SSSR count). The number of allylic oxidation sites excluding steroid dienone is 1. The van der Waals surface area contributed by atoms with Crippen LogP contribution in [0.2, 0.25) is 0 Å². The van der Waals surface area contributed by atoms with E-state index in [0.29, 0.717) is 18.3 Å². The van der Waals surface area contributed by atoms with E-state index < -0.39 is 0 Å². The van der Waals surface area contributed by atoms with Crippen molar-refractivity contribution in [1.29, 1.82) is 0 Å². The quantitative estimate of drug-likeness (QED) is 0.628. The van der Waals surface area contributed by atoms with Gasteiger partial charge < -0.3 is 9.47 Å². The zero-order valence-corrected chi connectivity index (χ0v) is 19.0. The highest BCUT2D eigenvalue weighted by Crippen LogP contribution is 2.67. The number of rotatable bonds is 3. The number of fused-ring (bicyclic) bond motifs is 5. The molecule has 0 aromatic rings. The molecule has 5 nitrogen and oxygen atoms in total. The van der Waals surface area contributed by atoms with Gasteiger partial charge >= 0.3 is 11.9 Å². The zero-order valence-electron chi connectivity index (χ0n) is 19.0. The van der Waals surface area contributed by atoms with Gasteiger partial charge in [-0.1, -0.05) is 19.4 Å². The summed E-state index contributed by atoms with van der Waals surface area (Å²) in [5.41, 5.74) is 1.18. The molecule has 5 heteroatoms. The summed E-state index contributed by atoms with van der Waals surface area (Å²) in [6.45, 7) is 9.63. The van der Waals surface area contributed by atoms with Gasteiger partial charge in [0.1, 0.15) is 12.2 Å². The molecule has 166 valence electrons. The van der Waals surface area contributed by atoms with Gasteiger partial charge in [-0.05, 0) is 74.2 Å². The minimum Gasteiger partial charge on any atom is -0.463 e. The Hall–Kier alpha value is -1.65. The van der Waals surface area contributed by atoms with Crippen molar-refractivity contribution in [3.8, 4) is 0 Å². The van der Waals surface area contributed by atoms with Crippen molar-refractivity contribution >= 4 is 17.7 Å². The summed E-state index contributed by atoms with van der Waals surface area (Å²) < 4.78 is 11.7. The number of carbonyl (C=O) groups excluding carboxylic acids is 3. The van der Waals surface area contributed by atoms with Crippen molar-refractivity contribution in [1.82, 2.24) is 0 Å². The second-order valence-corrected chi connectivity index (χ2v) is 10.7. The Bertz CT molecular complexity index is 784. The van der Waals surface area contributed by atoms with Gasteiger partial charge in [-0.15, -0.1) is 0 Å². The molecule has 0 saturated heterocycles. The molecule has 4 aliphatic rings. The Kier molecular flexibility index (Phi) is 5.39. The molecule has 0 aromatic heterocycles. The van der Waals surface area contributed by atoms with Crippen molar-refractivity contribution in [2.45, 2.75) is 91.8 Å². The molecule has 8 atom stereocenters. The first-order valence-electron chi connectivity index (χ1n) is 11.6. The molecule has 0 amide bonds. The summed E-state index contributed by atoms with van der Waals surface area (Å²) in [6.07, 6.45) is 8.05. The summed E-state index contributed by atoms with van der Waals surface area (Å²) in [5, 5.41) is 0. The SMILES string of the molecule is CC(=O)OC(C)[C@H]1CC[C@H]2[C@@H]3CCC4=CC(=O)CC[C@]4(C)[C@H]3C(OC(C)=O)C[C@]12C. The summed E-state index contributed by atoms with van der Waals surface area (Å²) in [5.74, 6) is 1.33. The Morgan fingerprint density at radius 1 is 1.10 bits per heavy atom. The lowest BCUT2D eigenvalue weighted by Crippen LogP contribution is -2.58. The van der Waals surface area contributed by atoms with Gasteiger partial charge in [-0.2, -0.15) is 0 Å². The second kappa shape index (κ2) is 7.49. The summed E-state index contributed by atoms with van der Waals surface area (Å²) in [7, 11) is 0. The van der Waals surface area contributed by atoms with E-state index in [1.165, 1.54) is 19.4 Å². The molecule has 30 heavy (non-hydrogen) atoms. The molecule has 3 fully saturated rings. The summed E-state index contributed by atoms with van der Waals surface area (Å²) >= 11 is 0. The Labute approximate surface area is 179 Å². The van der Waals surface area contributed by atoms with Gasteiger partial charge in [-0.25, -0.2) is 0 Å². The van der Waals surface area contributed by atoms with Crippen molar-refractivity contribution in [2.24, 2.45) is 34.5 Å². The highest BCUT2D eigenvalue weighted by molar-refractivity contribution is 5.91. The fourth-order valence-electron chi connectivity index (χ4n) is 8.13. The van der Waals surface area contributed by atoms with E-state index in [9.17, 15) is 14.4 Å². The van der Waals surface area contributed by atoms with Crippen LogP contribution in [0.1, 0.15) is 79.6 Å². The lowest BCUT2D eigenvalue weighted by molar-refractivity contribution is -0.180. The maximum absolute atomic E-state index is 12.1. The number of ketones is 1. The third kappa shape index (κ3) is 3.33. The molecule has 0 N–H and O–H groups in total. The molecule has 3 saturated carbocycles. The van der Waals surface area contributed by atoms with E-state index in [0.717, 1.165) is 38.5 Å². The molecule has 0 bridgehead atoms. The highest BCUT2D eigenvalue weighted by Gasteiger charge is 2.63. The van der Waals surface area contributed by atoms with E-state index >= 15 is 0 Å². The lowest BCUT2D eigenvalue weighted by atomic mass is 9.45. The molecule has 4 aliphatic carbocycles. The number of hydrogen-bond donors (Lipinski definition) is 0. The number of hydrogen-bond acceptors (Lipinski definition) is 5. The second-order valence-electron chi connectivity index (χ2n) is 10.7. The van der Waals surface area contributed by atoms with Crippen LogP contribution in [0.5, 0.6) is 0 Å². The molecule has 0 aromatic carbocycles. The van der Waals surface area contributed by atoms with Crippen molar-refractivity contribution in [2.75, 3.05) is 0 Å². The van der Waals surface area contributed by atoms with E-state index in [2.05, 4.69) is 13.8 Å². The smallest absolute Gasteiger partial charge is 0.302 e.